The highest BCUT2D eigenvalue weighted by atomic mass is 79.9. The van der Waals surface area contributed by atoms with Crippen LogP contribution in [0.2, 0.25) is 0 Å². The average Bonchev–Trinajstić information content (AvgIpc) is 2.08. The zero-order chi connectivity index (χ0) is 9.14. The third kappa shape index (κ3) is 1.81. The van der Waals surface area contributed by atoms with Gasteiger partial charge in [-0.05, 0) is 28.4 Å². The van der Waals surface area contributed by atoms with E-state index in [1.807, 2.05) is 0 Å². The molecule has 1 aromatic rings. The van der Waals surface area contributed by atoms with E-state index in [1.54, 1.807) is 6.92 Å². The Morgan fingerprint density at radius 3 is 3.00 bits per heavy atom. The molecule has 12 heavy (non-hydrogen) atoms. The molecule has 0 amide bonds. The first-order valence-corrected chi connectivity index (χ1v) is 4.44. The predicted octanol–water partition coefficient (Wildman–Crippen LogP) is 2.43. The molecule has 0 aromatic carbocycles. The topological polar surface area (TPSA) is 33.1 Å². The number of hydrogen-bond donors (Lipinski definition) is 1. The van der Waals surface area contributed by atoms with Crippen LogP contribution in [0.3, 0.4) is 0 Å². The van der Waals surface area contributed by atoms with Gasteiger partial charge >= 0.3 is 0 Å². The normalized spacial score (nSPS) is 13.0. The Morgan fingerprint density at radius 2 is 2.42 bits per heavy atom. The maximum absolute atomic E-state index is 13.2. The van der Waals surface area contributed by atoms with Crippen LogP contribution in [-0.4, -0.2) is 10.1 Å². The van der Waals surface area contributed by atoms with Gasteiger partial charge in [0.1, 0.15) is 4.60 Å². The van der Waals surface area contributed by atoms with Crippen LogP contribution in [0.5, 0.6) is 0 Å². The lowest BCUT2D eigenvalue weighted by Gasteiger charge is -2.08. The predicted molar refractivity (Wildman–Crippen MR) is 47.1 cm³/mol. The van der Waals surface area contributed by atoms with E-state index in [1.165, 1.54) is 12.3 Å². The summed E-state index contributed by atoms with van der Waals surface area (Å²) in [5.74, 6) is -0.480. The number of aliphatic hydroxyl groups excluding tert-OH is 1. The molecule has 1 heterocycles. The second-order valence-corrected chi connectivity index (χ2v) is 3.18. The quantitative estimate of drug-likeness (QED) is 0.797. The number of nitrogens with zero attached hydrogens (tertiary/aromatic N) is 1. The number of pyridine rings is 1. The summed E-state index contributed by atoms with van der Waals surface area (Å²) < 4.78 is 13.3. The zero-order valence-corrected chi connectivity index (χ0v) is 8.18. The SMILES string of the molecule is CCC(O)c1ccnc(Br)c1F. The van der Waals surface area contributed by atoms with Crippen molar-refractivity contribution in [3.63, 3.8) is 0 Å². The lowest BCUT2D eigenvalue weighted by atomic mass is 10.1. The summed E-state index contributed by atoms with van der Waals surface area (Å²) in [5, 5.41) is 9.35. The third-order valence-corrected chi connectivity index (χ3v) is 2.18. The number of aromatic nitrogens is 1. The van der Waals surface area contributed by atoms with Gasteiger partial charge in [0.2, 0.25) is 0 Å². The van der Waals surface area contributed by atoms with Gasteiger partial charge in [-0.25, -0.2) is 9.37 Å². The van der Waals surface area contributed by atoms with Crippen molar-refractivity contribution in [2.24, 2.45) is 0 Å². The van der Waals surface area contributed by atoms with E-state index in [-0.39, 0.29) is 4.60 Å². The molecule has 0 fully saturated rings. The van der Waals surface area contributed by atoms with Crippen LogP contribution < -0.4 is 0 Å². The average molecular weight is 234 g/mol. The minimum atomic E-state index is -0.746. The molecular formula is C8H9BrFNO. The van der Waals surface area contributed by atoms with Gasteiger partial charge in [0.05, 0.1) is 6.10 Å². The molecule has 0 aliphatic heterocycles. The van der Waals surface area contributed by atoms with Gasteiger partial charge in [-0.3, -0.25) is 0 Å². The molecule has 0 saturated carbocycles. The summed E-state index contributed by atoms with van der Waals surface area (Å²) in [7, 11) is 0. The summed E-state index contributed by atoms with van der Waals surface area (Å²) in [5.41, 5.74) is 0.291. The summed E-state index contributed by atoms with van der Waals surface area (Å²) in [6.07, 6.45) is 1.21. The standard InChI is InChI=1S/C8H9BrFNO/c1-2-6(12)5-3-4-11-8(9)7(5)10/h3-4,6,12H,2H2,1H3. The molecule has 1 N–H and O–H groups in total. The lowest BCUT2D eigenvalue weighted by Crippen LogP contribution is -2.00. The molecule has 0 radical (unpaired) electrons. The first-order valence-electron chi connectivity index (χ1n) is 3.64. The molecule has 1 aromatic heterocycles. The molecular weight excluding hydrogens is 225 g/mol. The molecule has 0 bridgehead atoms. The van der Waals surface area contributed by atoms with Crippen molar-refractivity contribution < 1.29 is 9.50 Å². The summed E-state index contributed by atoms with van der Waals surface area (Å²) in [6.45, 7) is 1.79. The van der Waals surface area contributed by atoms with E-state index in [9.17, 15) is 9.50 Å². The minimum absolute atomic E-state index is 0.146. The first-order chi connectivity index (χ1) is 5.66. The van der Waals surface area contributed by atoms with Crippen molar-refractivity contribution in [2.75, 3.05) is 0 Å². The molecule has 0 aliphatic carbocycles. The van der Waals surface area contributed by atoms with Crippen molar-refractivity contribution in [1.29, 1.82) is 0 Å². The summed E-state index contributed by atoms with van der Waals surface area (Å²) in [6, 6.07) is 1.48. The molecule has 1 atom stereocenters. The molecule has 1 rings (SSSR count). The fourth-order valence-electron chi connectivity index (χ4n) is 0.909. The summed E-state index contributed by atoms with van der Waals surface area (Å²) in [4.78, 5) is 3.69. The van der Waals surface area contributed by atoms with Crippen LogP contribution in [0.25, 0.3) is 0 Å². The molecule has 66 valence electrons. The van der Waals surface area contributed by atoms with Gasteiger partial charge in [0.25, 0.3) is 0 Å². The van der Waals surface area contributed by atoms with E-state index in [4.69, 9.17) is 0 Å². The minimum Gasteiger partial charge on any atom is -0.388 e. The van der Waals surface area contributed by atoms with Gasteiger partial charge in [-0.2, -0.15) is 0 Å². The highest BCUT2D eigenvalue weighted by molar-refractivity contribution is 9.10. The maximum atomic E-state index is 13.2. The van der Waals surface area contributed by atoms with Gasteiger partial charge < -0.3 is 5.11 Å². The van der Waals surface area contributed by atoms with Crippen molar-refractivity contribution in [3.05, 3.63) is 28.2 Å². The Morgan fingerprint density at radius 1 is 1.75 bits per heavy atom. The van der Waals surface area contributed by atoms with Crippen molar-refractivity contribution in [1.82, 2.24) is 4.98 Å². The van der Waals surface area contributed by atoms with Crippen molar-refractivity contribution >= 4 is 15.9 Å². The third-order valence-electron chi connectivity index (χ3n) is 1.62. The van der Waals surface area contributed by atoms with Gasteiger partial charge in [-0.15, -0.1) is 0 Å². The number of aliphatic hydroxyl groups is 1. The Bertz CT molecular complexity index is 280. The highest BCUT2D eigenvalue weighted by Crippen LogP contribution is 2.23. The maximum Gasteiger partial charge on any atom is 0.161 e. The smallest absolute Gasteiger partial charge is 0.161 e. The number of rotatable bonds is 2. The number of hydrogen-bond acceptors (Lipinski definition) is 2. The molecule has 2 nitrogen and oxygen atoms in total. The fourth-order valence-corrected chi connectivity index (χ4v) is 1.26. The zero-order valence-electron chi connectivity index (χ0n) is 6.59. The Hall–Kier alpha value is -0.480. The van der Waals surface area contributed by atoms with Crippen molar-refractivity contribution in [3.8, 4) is 0 Å². The van der Waals surface area contributed by atoms with E-state index >= 15 is 0 Å². The summed E-state index contributed by atoms with van der Waals surface area (Å²) >= 11 is 2.95. The molecule has 1 unspecified atom stereocenters. The lowest BCUT2D eigenvalue weighted by molar-refractivity contribution is 0.168. The molecule has 0 aliphatic rings. The Labute approximate surface area is 78.6 Å². The largest absolute Gasteiger partial charge is 0.388 e. The monoisotopic (exact) mass is 233 g/mol. The van der Waals surface area contributed by atoms with E-state index < -0.39 is 11.9 Å². The second-order valence-electron chi connectivity index (χ2n) is 2.43. The Balaban J connectivity index is 3.07. The van der Waals surface area contributed by atoms with Crippen LogP contribution in [0.4, 0.5) is 4.39 Å². The van der Waals surface area contributed by atoms with Crippen LogP contribution in [0.15, 0.2) is 16.9 Å². The van der Waals surface area contributed by atoms with Gasteiger partial charge in [-0.1, -0.05) is 6.92 Å². The van der Waals surface area contributed by atoms with E-state index in [0.29, 0.717) is 12.0 Å². The first kappa shape index (κ1) is 9.61. The highest BCUT2D eigenvalue weighted by Gasteiger charge is 2.13. The second kappa shape index (κ2) is 3.96. The molecule has 0 saturated heterocycles. The van der Waals surface area contributed by atoms with E-state index in [2.05, 4.69) is 20.9 Å². The molecule has 0 spiro atoms. The van der Waals surface area contributed by atoms with E-state index in [0.717, 1.165) is 0 Å². The number of halogens is 2. The molecule has 4 heteroatoms. The Kier molecular flexibility index (Phi) is 3.17. The van der Waals surface area contributed by atoms with Gasteiger partial charge in [0.15, 0.2) is 5.82 Å². The van der Waals surface area contributed by atoms with Crippen LogP contribution >= 0.6 is 15.9 Å². The fraction of sp³-hybridized carbons (Fsp3) is 0.375. The van der Waals surface area contributed by atoms with Crippen LogP contribution in [0.1, 0.15) is 25.0 Å². The van der Waals surface area contributed by atoms with Gasteiger partial charge in [0, 0.05) is 11.8 Å². The van der Waals surface area contributed by atoms with Crippen molar-refractivity contribution in [2.45, 2.75) is 19.4 Å². The van der Waals surface area contributed by atoms with Crippen LogP contribution in [0, 0.1) is 5.82 Å². The van der Waals surface area contributed by atoms with Crippen LogP contribution in [-0.2, 0) is 0 Å².